The fourth-order valence-electron chi connectivity index (χ4n) is 2.41. The third-order valence-corrected chi connectivity index (χ3v) is 3.55. The number of benzene rings is 1. The number of hydrogen-bond acceptors (Lipinski definition) is 3. The van der Waals surface area contributed by atoms with Crippen molar-refractivity contribution in [3.05, 3.63) is 30.1 Å². The predicted molar refractivity (Wildman–Crippen MR) is 71.3 cm³/mol. The lowest BCUT2D eigenvalue weighted by atomic mass is 9.87. The van der Waals surface area contributed by atoms with E-state index in [-0.39, 0.29) is 11.5 Å². The number of halogens is 1. The lowest BCUT2D eigenvalue weighted by molar-refractivity contribution is -0.135. The van der Waals surface area contributed by atoms with Gasteiger partial charge in [0.15, 0.2) is 5.78 Å². The van der Waals surface area contributed by atoms with Crippen LogP contribution in [0.2, 0.25) is 0 Å². The van der Waals surface area contributed by atoms with Gasteiger partial charge in [0.1, 0.15) is 11.7 Å². The molecule has 104 valence electrons. The Hall–Kier alpha value is -2.22. The van der Waals surface area contributed by atoms with E-state index >= 15 is 0 Å². The number of nitriles is 1. The number of amides is 1. The van der Waals surface area contributed by atoms with Crippen molar-refractivity contribution < 1.29 is 14.0 Å². The SMILES string of the molecule is CC(C#N)C(=O)C1CCCN(c2ccccc2F)C1=O. The molecule has 1 saturated heterocycles. The third-order valence-electron chi connectivity index (χ3n) is 3.55. The minimum Gasteiger partial charge on any atom is -0.309 e. The average molecular weight is 274 g/mol. The third kappa shape index (κ3) is 2.55. The van der Waals surface area contributed by atoms with Crippen LogP contribution in [0.3, 0.4) is 0 Å². The number of hydrogen-bond donors (Lipinski definition) is 0. The van der Waals surface area contributed by atoms with Crippen molar-refractivity contribution in [2.75, 3.05) is 11.4 Å². The van der Waals surface area contributed by atoms with Crippen LogP contribution >= 0.6 is 0 Å². The molecule has 1 amide bonds. The van der Waals surface area contributed by atoms with E-state index in [2.05, 4.69) is 0 Å². The minimum absolute atomic E-state index is 0.194. The summed E-state index contributed by atoms with van der Waals surface area (Å²) in [6.45, 7) is 1.88. The maximum Gasteiger partial charge on any atom is 0.237 e. The molecular weight excluding hydrogens is 259 g/mol. The molecule has 20 heavy (non-hydrogen) atoms. The van der Waals surface area contributed by atoms with Gasteiger partial charge in [-0.25, -0.2) is 4.39 Å². The molecule has 0 saturated carbocycles. The van der Waals surface area contributed by atoms with Gasteiger partial charge in [-0.3, -0.25) is 9.59 Å². The van der Waals surface area contributed by atoms with Gasteiger partial charge in [-0.2, -0.15) is 5.26 Å². The molecule has 1 aliphatic rings. The van der Waals surface area contributed by atoms with E-state index in [0.29, 0.717) is 19.4 Å². The van der Waals surface area contributed by atoms with Crippen molar-refractivity contribution in [2.45, 2.75) is 19.8 Å². The van der Waals surface area contributed by atoms with Gasteiger partial charge in [-0.1, -0.05) is 12.1 Å². The van der Waals surface area contributed by atoms with Crippen LogP contribution in [0.25, 0.3) is 0 Å². The molecule has 5 heteroatoms. The summed E-state index contributed by atoms with van der Waals surface area (Å²) < 4.78 is 13.8. The Kier molecular flexibility index (Phi) is 4.14. The highest BCUT2D eigenvalue weighted by atomic mass is 19.1. The van der Waals surface area contributed by atoms with E-state index in [1.54, 1.807) is 12.1 Å². The predicted octanol–water partition coefficient (Wildman–Crippen LogP) is 2.30. The first-order chi connectivity index (χ1) is 9.56. The van der Waals surface area contributed by atoms with Gasteiger partial charge in [0.25, 0.3) is 0 Å². The van der Waals surface area contributed by atoms with E-state index in [1.165, 1.54) is 24.0 Å². The summed E-state index contributed by atoms with van der Waals surface area (Å²) >= 11 is 0. The minimum atomic E-state index is -0.835. The summed E-state index contributed by atoms with van der Waals surface area (Å²) in [6, 6.07) is 7.86. The quantitative estimate of drug-likeness (QED) is 0.794. The highest BCUT2D eigenvalue weighted by molar-refractivity contribution is 6.10. The van der Waals surface area contributed by atoms with Crippen LogP contribution < -0.4 is 4.90 Å². The topological polar surface area (TPSA) is 61.2 Å². The van der Waals surface area contributed by atoms with Crippen LogP contribution in [0.1, 0.15) is 19.8 Å². The van der Waals surface area contributed by atoms with E-state index in [1.807, 2.05) is 6.07 Å². The second-order valence-corrected chi connectivity index (χ2v) is 4.89. The molecule has 2 unspecified atom stereocenters. The molecule has 1 heterocycles. The first kappa shape index (κ1) is 14.2. The first-order valence-corrected chi connectivity index (χ1v) is 6.55. The van der Waals surface area contributed by atoms with Gasteiger partial charge in [-0.05, 0) is 31.9 Å². The number of carbonyl (C=O) groups is 2. The molecule has 2 atom stereocenters. The van der Waals surface area contributed by atoms with E-state index in [0.717, 1.165) is 0 Å². The second kappa shape index (κ2) is 5.83. The van der Waals surface area contributed by atoms with Crippen molar-refractivity contribution >= 4 is 17.4 Å². The Bertz CT molecular complexity index is 579. The van der Waals surface area contributed by atoms with Crippen LogP contribution in [0.5, 0.6) is 0 Å². The Balaban J connectivity index is 2.26. The Morgan fingerprint density at radius 3 is 2.85 bits per heavy atom. The lowest BCUT2D eigenvalue weighted by Crippen LogP contribution is -2.45. The Labute approximate surface area is 116 Å². The summed E-state index contributed by atoms with van der Waals surface area (Å²) in [5.74, 6) is -2.92. The molecule has 0 radical (unpaired) electrons. The zero-order valence-corrected chi connectivity index (χ0v) is 11.2. The summed E-state index contributed by atoms with van der Waals surface area (Å²) in [4.78, 5) is 25.7. The number of piperidine rings is 1. The summed E-state index contributed by atoms with van der Waals surface area (Å²) in [5.41, 5.74) is 0.194. The highest BCUT2D eigenvalue weighted by Gasteiger charge is 2.37. The highest BCUT2D eigenvalue weighted by Crippen LogP contribution is 2.28. The van der Waals surface area contributed by atoms with E-state index in [9.17, 15) is 14.0 Å². The molecule has 0 N–H and O–H groups in total. The molecular formula is C15H15FN2O2. The number of para-hydroxylation sites is 1. The fourth-order valence-corrected chi connectivity index (χ4v) is 2.41. The number of carbonyl (C=O) groups excluding carboxylic acids is 2. The number of rotatable bonds is 3. The second-order valence-electron chi connectivity index (χ2n) is 4.89. The summed E-state index contributed by atoms with van der Waals surface area (Å²) in [7, 11) is 0. The van der Waals surface area contributed by atoms with Gasteiger partial charge < -0.3 is 4.90 Å². The number of anilines is 1. The fraction of sp³-hybridized carbons (Fsp3) is 0.400. The van der Waals surface area contributed by atoms with Gasteiger partial charge in [0, 0.05) is 6.54 Å². The van der Waals surface area contributed by atoms with Gasteiger partial charge in [-0.15, -0.1) is 0 Å². The van der Waals surface area contributed by atoms with Crippen molar-refractivity contribution in [1.82, 2.24) is 0 Å². The lowest BCUT2D eigenvalue weighted by Gasteiger charge is -2.32. The van der Waals surface area contributed by atoms with E-state index in [4.69, 9.17) is 5.26 Å². The molecule has 1 aromatic carbocycles. The number of nitrogens with zero attached hydrogens (tertiary/aromatic N) is 2. The maximum atomic E-state index is 13.8. The average Bonchev–Trinajstić information content (AvgIpc) is 2.47. The number of ketones is 1. The van der Waals surface area contributed by atoms with Gasteiger partial charge >= 0.3 is 0 Å². The molecule has 0 aliphatic carbocycles. The molecule has 0 aromatic heterocycles. The van der Waals surface area contributed by atoms with Crippen molar-refractivity contribution in [3.8, 4) is 6.07 Å². The van der Waals surface area contributed by atoms with E-state index < -0.39 is 23.6 Å². The van der Waals surface area contributed by atoms with Crippen molar-refractivity contribution in [3.63, 3.8) is 0 Å². The zero-order chi connectivity index (χ0) is 14.7. The maximum absolute atomic E-state index is 13.8. The molecule has 0 spiro atoms. The zero-order valence-electron chi connectivity index (χ0n) is 11.2. The first-order valence-electron chi connectivity index (χ1n) is 6.55. The van der Waals surface area contributed by atoms with Crippen LogP contribution in [0.4, 0.5) is 10.1 Å². The van der Waals surface area contributed by atoms with Crippen LogP contribution in [0.15, 0.2) is 24.3 Å². The molecule has 1 aromatic rings. The largest absolute Gasteiger partial charge is 0.309 e. The standard InChI is InChI=1S/C15H15FN2O2/c1-10(9-17)14(19)11-5-4-8-18(15(11)20)13-7-3-2-6-12(13)16/h2-3,6-7,10-11H,4-5,8H2,1H3. The smallest absolute Gasteiger partial charge is 0.237 e. The molecule has 0 bridgehead atoms. The molecule has 1 fully saturated rings. The molecule has 2 rings (SSSR count). The monoisotopic (exact) mass is 274 g/mol. The van der Waals surface area contributed by atoms with Crippen LogP contribution in [0, 0.1) is 29.0 Å². The summed E-state index contributed by atoms with van der Waals surface area (Å²) in [6.07, 6.45) is 1.04. The molecule has 1 aliphatic heterocycles. The Morgan fingerprint density at radius 2 is 2.20 bits per heavy atom. The van der Waals surface area contributed by atoms with Crippen molar-refractivity contribution in [1.29, 1.82) is 5.26 Å². The molecule has 4 nitrogen and oxygen atoms in total. The van der Waals surface area contributed by atoms with Gasteiger partial charge in [0.2, 0.25) is 5.91 Å². The number of Topliss-reactive ketones (excluding diaryl/α,β-unsaturated/α-hetero) is 1. The van der Waals surface area contributed by atoms with Crippen LogP contribution in [-0.2, 0) is 9.59 Å². The normalized spacial score (nSPS) is 20.4. The summed E-state index contributed by atoms with van der Waals surface area (Å²) in [5, 5.41) is 8.79. The Morgan fingerprint density at radius 1 is 1.50 bits per heavy atom. The van der Waals surface area contributed by atoms with Crippen LogP contribution in [-0.4, -0.2) is 18.2 Å². The van der Waals surface area contributed by atoms with Crippen molar-refractivity contribution in [2.24, 2.45) is 11.8 Å². The van der Waals surface area contributed by atoms with Gasteiger partial charge in [0.05, 0.1) is 17.7 Å².